The molecule has 3 aromatic rings. The number of carbonyl (C=O) groups is 3. The Morgan fingerprint density at radius 2 is 1.48 bits per heavy atom. The van der Waals surface area contributed by atoms with Crippen LogP contribution in [0.25, 0.3) is 0 Å². The maximum atomic E-state index is 13.7. The molecule has 0 saturated carbocycles. The normalized spacial score (nSPS) is 15.9. The molecule has 40 heavy (non-hydrogen) atoms. The fraction of sp³-hybridized carbons (Fsp3) is 0.219. The van der Waals surface area contributed by atoms with Crippen LogP contribution in [0.4, 0.5) is 0 Å². The molecule has 3 aromatic carbocycles. The van der Waals surface area contributed by atoms with E-state index in [9.17, 15) is 14.4 Å². The number of benzene rings is 3. The summed E-state index contributed by atoms with van der Waals surface area (Å²) in [6.07, 6.45) is -1.50. The van der Waals surface area contributed by atoms with Crippen molar-refractivity contribution in [2.45, 2.75) is 38.6 Å². The number of esters is 1. The van der Waals surface area contributed by atoms with Crippen molar-refractivity contribution in [2.75, 3.05) is 6.61 Å². The average molecular weight is 648 g/mol. The van der Waals surface area contributed by atoms with Gasteiger partial charge in [-0.25, -0.2) is 4.79 Å². The summed E-state index contributed by atoms with van der Waals surface area (Å²) in [6, 6.07) is 27.1. The van der Waals surface area contributed by atoms with Crippen molar-refractivity contribution in [1.82, 2.24) is 10.2 Å². The summed E-state index contributed by atoms with van der Waals surface area (Å²) >= 11 is 1.90. The lowest BCUT2D eigenvalue weighted by molar-refractivity contribution is -0.180. The average Bonchev–Trinajstić information content (AvgIpc) is 2.97. The van der Waals surface area contributed by atoms with Crippen molar-refractivity contribution in [3.63, 3.8) is 0 Å². The highest BCUT2D eigenvalue weighted by Gasteiger charge is 2.53. The van der Waals surface area contributed by atoms with Crippen LogP contribution in [0.2, 0.25) is 0 Å². The van der Waals surface area contributed by atoms with E-state index < -0.39 is 30.3 Å². The smallest absolute Gasteiger partial charge is 0.356 e. The van der Waals surface area contributed by atoms with Gasteiger partial charge in [0.05, 0.1) is 6.42 Å². The van der Waals surface area contributed by atoms with Crippen molar-refractivity contribution < 1.29 is 23.9 Å². The first-order chi connectivity index (χ1) is 19.4. The molecule has 4 rings (SSSR count). The highest BCUT2D eigenvalue weighted by molar-refractivity contribution is 14.1. The predicted octanol–water partition coefficient (Wildman–Crippen LogP) is 4.92. The Balaban J connectivity index is 1.57. The summed E-state index contributed by atoms with van der Waals surface area (Å²) in [7, 11) is 0. The maximum absolute atomic E-state index is 13.7. The Hall–Kier alpha value is -3.94. The van der Waals surface area contributed by atoms with Gasteiger partial charge in [-0.05, 0) is 40.0 Å². The Morgan fingerprint density at radius 1 is 0.925 bits per heavy atom. The van der Waals surface area contributed by atoms with E-state index >= 15 is 0 Å². The van der Waals surface area contributed by atoms with Gasteiger partial charge in [-0.2, -0.15) is 0 Å². The number of carbonyl (C=O) groups excluding carboxylic acids is 3. The molecule has 204 valence electrons. The van der Waals surface area contributed by atoms with Crippen LogP contribution >= 0.6 is 22.6 Å². The first-order valence-electron chi connectivity index (χ1n) is 12.8. The molecule has 1 heterocycles. The third kappa shape index (κ3) is 6.97. The van der Waals surface area contributed by atoms with Crippen LogP contribution in [0.3, 0.4) is 0 Å². The van der Waals surface area contributed by atoms with E-state index in [4.69, 9.17) is 9.47 Å². The lowest BCUT2D eigenvalue weighted by Gasteiger charge is -2.46. The van der Waals surface area contributed by atoms with Gasteiger partial charge in [0.2, 0.25) is 5.91 Å². The van der Waals surface area contributed by atoms with Crippen molar-refractivity contribution in [3.05, 3.63) is 119 Å². The van der Waals surface area contributed by atoms with Gasteiger partial charge in [0, 0.05) is 22.6 Å². The fourth-order valence-electron chi connectivity index (χ4n) is 4.46. The number of β-lactam (4-membered cyclic amide) rings is 1. The second-order valence-electron chi connectivity index (χ2n) is 9.34. The first-order valence-corrected chi connectivity index (χ1v) is 13.8. The summed E-state index contributed by atoms with van der Waals surface area (Å²) in [5.74, 6) is 1.34. The molecule has 0 aliphatic carbocycles. The van der Waals surface area contributed by atoms with Crippen molar-refractivity contribution in [2.24, 2.45) is 0 Å². The molecule has 0 bridgehead atoms. The Labute approximate surface area is 247 Å². The van der Waals surface area contributed by atoms with Gasteiger partial charge in [-0.3, -0.25) is 14.5 Å². The molecule has 0 radical (unpaired) electrons. The number of nitrogens with zero attached hydrogens (tertiary/aromatic N) is 1. The predicted molar refractivity (Wildman–Crippen MR) is 160 cm³/mol. The molecule has 8 heteroatoms. The standard InChI is InChI=1S/C32H29IN2O5/c1-22(2)28(32(38)40-29(24-15-8-4-9-16-24)25-17-10-5-11-18-25)35-30(37)27(31(35)39-20-12-19-33)34-26(36)21-23-13-6-3-7-14-23/h3-11,13-18,27,29,31H,20-21H2,1-2H3,(H,34,36)/t27-,31+/m1/s1. The number of nitrogens with one attached hydrogen (secondary N) is 1. The molecule has 0 aromatic heterocycles. The van der Waals surface area contributed by atoms with Crippen LogP contribution < -0.4 is 5.32 Å². The zero-order valence-electron chi connectivity index (χ0n) is 22.2. The molecule has 1 fully saturated rings. The maximum Gasteiger partial charge on any atom is 0.356 e. The SMILES string of the molecule is CC(C)=C(C(=O)OC(c1ccccc1)c1ccccc1)N1C(=O)[C@@H](NC(=O)Cc2ccccc2)[C@@H]1OCC#CI. The quantitative estimate of drug-likeness (QED) is 0.111. The van der Waals surface area contributed by atoms with Crippen LogP contribution in [0, 0.1) is 9.85 Å². The molecule has 7 nitrogen and oxygen atoms in total. The minimum atomic E-state index is -0.964. The number of amides is 2. The lowest BCUT2D eigenvalue weighted by Crippen LogP contribution is -2.71. The molecular weight excluding hydrogens is 619 g/mol. The Kier molecular flexibility index (Phi) is 10.1. The van der Waals surface area contributed by atoms with Gasteiger partial charge < -0.3 is 14.8 Å². The fourth-order valence-corrected chi connectivity index (χ4v) is 4.61. The minimum Gasteiger partial charge on any atom is -0.448 e. The number of hydrogen-bond donors (Lipinski definition) is 1. The van der Waals surface area contributed by atoms with E-state index in [0.29, 0.717) is 5.57 Å². The summed E-state index contributed by atoms with van der Waals surface area (Å²) < 4.78 is 14.7. The number of rotatable bonds is 10. The van der Waals surface area contributed by atoms with E-state index in [1.807, 2.05) is 114 Å². The molecule has 1 saturated heterocycles. The number of allylic oxidation sites excluding steroid dienone is 1. The number of halogens is 1. The monoisotopic (exact) mass is 648 g/mol. The minimum absolute atomic E-state index is 0.0180. The highest BCUT2D eigenvalue weighted by Crippen LogP contribution is 2.32. The molecule has 0 spiro atoms. The second kappa shape index (κ2) is 13.9. The van der Waals surface area contributed by atoms with Crippen LogP contribution in [0.1, 0.15) is 36.6 Å². The van der Waals surface area contributed by atoms with Crippen LogP contribution in [0.5, 0.6) is 0 Å². The van der Waals surface area contributed by atoms with E-state index in [2.05, 4.69) is 15.2 Å². The number of likely N-dealkylation sites (tertiary alicyclic amines) is 1. The molecule has 0 unspecified atom stereocenters. The molecular formula is C32H29IN2O5. The van der Waals surface area contributed by atoms with Gasteiger partial charge >= 0.3 is 5.97 Å². The van der Waals surface area contributed by atoms with Gasteiger partial charge in [-0.1, -0.05) is 96.9 Å². The van der Waals surface area contributed by atoms with Gasteiger partial charge in [0.25, 0.3) is 5.91 Å². The highest BCUT2D eigenvalue weighted by atomic mass is 127. The van der Waals surface area contributed by atoms with Gasteiger partial charge in [0.1, 0.15) is 12.3 Å². The number of ether oxygens (including phenoxy) is 2. The van der Waals surface area contributed by atoms with E-state index in [1.165, 1.54) is 4.90 Å². The van der Waals surface area contributed by atoms with E-state index in [1.54, 1.807) is 13.8 Å². The zero-order valence-corrected chi connectivity index (χ0v) is 24.3. The summed E-state index contributed by atoms with van der Waals surface area (Å²) in [5, 5.41) is 2.77. The van der Waals surface area contributed by atoms with Crippen molar-refractivity contribution in [1.29, 1.82) is 0 Å². The summed E-state index contributed by atoms with van der Waals surface area (Å²) in [4.78, 5) is 41.2. The van der Waals surface area contributed by atoms with E-state index in [0.717, 1.165) is 16.7 Å². The molecule has 1 N–H and O–H groups in total. The van der Waals surface area contributed by atoms with Gasteiger partial charge in [0.15, 0.2) is 18.4 Å². The van der Waals surface area contributed by atoms with Crippen LogP contribution in [-0.2, 0) is 30.3 Å². The topological polar surface area (TPSA) is 84.9 Å². The first kappa shape index (κ1) is 29.1. The lowest BCUT2D eigenvalue weighted by atomic mass is 9.99. The third-order valence-electron chi connectivity index (χ3n) is 6.30. The van der Waals surface area contributed by atoms with Crippen molar-refractivity contribution in [3.8, 4) is 9.85 Å². The van der Waals surface area contributed by atoms with Crippen molar-refractivity contribution >= 4 is 40.4 Å². The molecule has 2 atom stereocenters. The van der Waals surface area contributed by atoms with E-state index in [-0.39, 0.29) is 24.6 Å². The number of hydrogen-bond acceptors (Lipinski definition) is 5. The van der Waals surface area contributed by atoms with Crippen LogP contribution in [-0.4, -0.2) is 41.6 Å². The molecule has 1 aliphatic heterocycles. The molecule has 1 aliphatic rings. The largest absolute Gasteiger partial charge is 0.448 e. The second-order valence-corrected chi connectivity index (χ2v) is 9.88. The zero-order chi connectivity index (χ0) is 28.5. The van der Waals surface area contributed by atoms with Gasteiger partial charge in [-0.15, -0.1) is 0 Å². The summed E-state index contributed by atoms with van der Waals surface area (Å²) in [5.41, 5.74) is 3.05. The van der Waals surface area contributed by atoms with Crippen LogP contribution in [0.15, 0.2) is 102 Å². The Bertz CT molecular complexity index is 1390. The Morgan fingerprint density at radius 3 is 2.00 bits per heavy atom. The molecule has 2 amide bonds. The third-order valence-corrected chi connectivity index (χ3v) is 6.68. The summed E-state index contributed by atoms with van der Waals surface area (Å²) in [6.45, 7) is 3.48.